The Bertz CT molecular complexity index is 813. The number of ether oxygens (including phenoxy) is 2. The molecule has 1 aromatic heterocycles. The van der Waals surface area contributed by atoms with Crippen molar-refractivity contribution in [1.82, 2.24) is 15.1 Å². The Morgan fingerprint density at radius 1 is 1.21 bits per heavy atom. The number of methoxy groups -OCH3 is 1. The molecule has 2 heterocycles. The number of carbonyl (C=O) groups excluding carboxylic acids is 1. The van der Waals surface area contributed by atoms with Crippen LogP contribution in [0.5, 0.6) is 11.5 Å². The van der Waals surface area contributed by atoms with Crippen LogP contribution in [0, 0.1) is 5.92 Å². The first kappa shape index (κ1) is 19.8. The number of aromatic amines is 1. The van der Waals surface area contributed by atoms with Crippen LogP contribution in [0.25, 0.3) is 0 Å². The zero-order valence-electron chi connectivity index (χ0n) is 17.2. The predicted molar refractivity (Wildman–Crippen MR) is 111 cm³/mol. The number of nitrogens with zero attached hydrogens (tertiary/aromatic N) is 2. The van der Waals surface area contributed by atoms with E-state index >= 15 is 0 Å². The predicted octanol–water partition coefficient (Wildman–Crippen LogP) is 4.28. The van der Waals surface area contributed by atoms with Crippen molar-refractivity contribution in [2.24, 2.45) is 5.92 Å². The molecule has 1 aromatic carbocycles. The molecule has 156 valence electrons. The van der Waals surface area contributed by atoms with Crippen LogP contribution in [0.4, 0.5) is 0 Å². The zero-order chi connectivity index (χ0) is 20.1. The third kappa shape index (κ3) is 4.92. The summed E-state index contributed by atoms with van der Waals surface area (Å²) in [5.74, 6) is 2.83. The van der Waals surface area contributed by atoms with Gasteiger partial charge < -0.3 is 14.4 Å². The molecule has 1 aliphatic heterocycles. The molecule has 1 aliphatic carbocycles. The van der Waals surface area contributed by atoms with E-state index in [9.17, 15) is 4.79 Å². The molecule has 0 bridgehead atoms. The largest absolute Gasteiger partial charge is 0.493 e. The van der Waals surface area contributed by atoms with E-state index in [-0.39, 0.29) is 0 Å². The Hall–Kier alpha value is -2.50. The second-order valence-electron chi connectivity index (χ2n) is 8.27. The number of H-pyrrole nitrogens is 1. The summed E-state index contributed by atoms with van der Waals surface area (Å²) in [4.78, 5) is 14.6. The van der Waals surface area contributed by atoms with Gasteiger partial charge in [-0.25, -0.2) is 0 Å². The van der Waals surface area contributed by atoms with Crippen LogP contribution in [-0.2, 0) is 11.4 Å². The number of aromatic nitrogens is 2. The summed E-state index contributed by atoms with van der Waals surface area (Å²) in [6.07, 6.45) is 8.04. The molecule has 0 spiro atoms. The number of nitrogens with one attached hydrogen (secondary N) is 1. The molecular weight excluding hydrogens is 366 g/mol. The fraction of sp³-hybridized carbons (Fsp3) is 0.565. The molecule has 4 rings (SSSR count). The average molecular weight is 398 g/mol. The van der Waals surface area contributed by atoms with E-state index in [1.165, 1.54) is 25.7 Å². The first-order chi connectivity index (χ1) is 14.2. The zero-order valence-corrected chi connectivity index (χ0v) is 17.2. The van der Waals surface area contributed by atoms with Crippen LogP contribution in [0.2, 0.25) is 0 Å². The molecule has 1 saturated heterocycles. The summed E-state index contributed by atoms with van der Waals surface area (Å²) in [7, 11) is 1.64. The van der Waals surface area contributed by atoms with Gasteiger partial charge in [0, 0.05) is 25.4 Å². The van der Waals surface area contributed by atoms with Gasteiger partial charge in [-0.1, -0.05) is 37.8 Å². The maximum absolute atomic E-state index is 12.6. The normalized spacial score (nSPS) is 19.6. The lowest BCUT2D eigenvalue weighted by atomic mass is 10.0. The van der Waals surface area contributed by atoms with E-state index in [1.54, 1.807) is 7.11 Å². The Morgan fingerprint density at radius 3 is 2.79 bits per heavy atom. The topological polar surface area (TPSA) is 67.5 Å². The lowest BCUT2D eigenvalue weighted by molar-refractivity contribution is -0.130. The van der Waals surface area contributed by atoms with Crippen molar-refractivity contribution in [3.63, 3.8) is 0 Å². The maximum Gasteiger partial charge on any atom is 0.222 e. The summed E-state index contributed by atoms with van der Waals surface area (Å²) < 4.78 is 11.2. The van der Waals surface area contributed by atoms with E-state index in [0.717, 1.165) is 49.0 Å². The van der Waals surface area contributed by atoms with Crippen molar-refractivity contribution in [3.05, 3.63) is 41.7 Å². The van der Waals surface area contributed by atoms with Crippen molar-refractivity contribution in [3.8, 4) is 11.5 Å². The van der Waals surface area contributed by atoms with Crippen LogP contribution < -0.4 is 9.47 Å². The second-order valence-corrected chi connectivity index (χ2v) is 8.27. The van der Waals surface area contributed by atoms with Crippen molar-refractivity contribution >= 4 is 5.91 Å². The van der Waals surface area contributed by atoms with E-state index in [0.29, 0.717) is 30.6 Å². The molecule has 6 nitrogen and oxygen atoms in total. The van der Waals surface area contributed by atoms with Crippen molar-refractivity contribution in [1.29, 1.82) is 0 Å². The molecule has 1 atom stereocenters. The van der Waals surface area contributed by atoms with Gasteiger partial charge in [-0.05, 0) is 37.0 Å². The number of hydrogen-bond donors (Lipinski definition) is 1. The van der Waals surface area contributed by atoms with Crippen LogP contribution in [0.3, 0.4) is 0 Å². The van der Waals surface area contributed by atoms with E-state index in [4.69, 9.17) is 9.47 Å². The summed E-state index contributed by atoms with van der Waals surface area (Å²) in [5, 5.41) is 7.56. The van der Waals surface area contributed by atoms with E-state index in [2.05, 4.69) is 16.3 Å². The summed E-state index contributed by atoms with van der Waals surface area (Å²) in [6.45, 7) is 2.03. The number of carbonyl (C=O) groups is 1. The monoisotopic (exact) mass is 397 g/mol. The van der Waals surface area contributed by atoms with Crippen molar-refractivity contribution < 1.29 is 14.3 Å². The molecule has 2 fully saturated rings. The molecular formula is C23H31N3O3. The number of rotatable bonds is 8. The minimum Gasteiger partial charge on any atom is -0.493 e. The Balaban J connectivity index is 1.26. The Morgan fingerprint density at radius 2 is 2.00 bits per heavy atom. The van der Waals surface area contributed by atoms with Gasteiger partial charge in [-0.3, -0.25) is 9.89 Å². The number of amides is 1. The van der Waals surface area contributed by atoms with Crippen molar-refractivity contribution in [2.45, 2.75) is 57.5 Å². The molecule has 0 unspecified atom stereocenters. The van der Waals surface area contributed by atoms with E-state index in [1.807, 2.05) is 29.2 Å². The molecule has 1 saturated carbocycles. The molecule has 1 N–H and O–H groups in total. The van der Waals surface area contributed by atoms with Crippen LogP contribution in [0.1, 0.15) is 62.3 Å². The smallest absolute Gasteiger partial charge is 0.222 e. The highest BCUT2D eigenvalue weighted by molar-refractivity contribution is 5.76. The number of hydrogen-bond acceptors (Lipinski definition) is 4. The van der Waals surface area contributed by atoms with Crippen molar-refractivity contribution in [2.75, 3.05) is 20.2 Å². The lowest BCUT2D eigenvalue weighted by Gasteiger charge is -2.17. The molecule has 2 aromatic rings. The van der Waals surface area contributed by atoms with Gasteiger partial charge in [0.1, 0.15) is 6.61 Å². The quantitative estimate of drug-likeness (QED) is 0.722. The molecule has 1 amide bonds. The van der Waals surface area contributed by atoms with Crippen LogP contribution in [0.15, 0.2) is 30.3 Å². The van der Waals surface area contributed by atoms with Gasteiger partial charge in [0.15, 0.2) is 11.5 Å². The van der Waals surface area contributed by atoms with E-state index < -0.39 is 0 Å². The first-order valence-electron chi connectivity index (χ1n) is 10.8. The van der Waals surface area contributed by atoms with Gasteiger partial charge in [0.05, 0.1) is 18.5 Å². The Labute approximate surface area is 172 Å². The highest BCUT2D eigenvalue weighted by atomic mass is 16.5. The van der Waals surface area contributed by atoms with Gasteiger partial charge >= 0.3 is 0 Å². The highest BCUT2D eigenvalue weighted by Crippen LogP contribution is 2.31. The van der Waals surface area contributed by atoms with Crippen LogP contribution >= 0.6 is 0 Å². The minimum absolute atomic E-state index is 0.307. The number of para-hydroxylation sites is 2. The van der Waals surface area contributed by atoms with Gasteiger partial charge in [-0.15, -0.1) is 0 Å². The minimum atomic E-state index is 0.307. The SMILES string of the molecule is COc1ccccc1OCc1cc([C@H]2CCN(C(=O)CCC3CCCC3)C2)n[nH]1. The average Bonchev–Trinajstić information content (AvgIpc) is 3.52. The second kappa shape index (κ2) is 9.33. The standard InChI is InChI=1S/C23H31N3O3/c1-28-21-8-4-5-9-22(21)29-16-19-14-20(25-24-19)18-12-13-26(15-18)23(27)11-10-17-6-2-3-7-17/h4-5,8-9,14,17-18H,2-3,6-7,10-13,15-16H2,1H3,(H,24,25)/t18-/m0/s1. The van der Waals surface area contributed by atoms with Gasteiger partial charge in [0.25, 0.3) is 0 Å². The molecule has 2 aliphatic rings. The van der Waals surface area contributed by atoms with Crippen LogP contribution in [-0.4, -0.2) is 41.2 Å². The van der Waals surface area contributed by atoms with Gasteiger partial charge in [-0.2, -0.15) is 5.10 Å². The lowest BCUT2D eigenvalue weighted by Crippen LogP contribution is -2.28. The third-order valence-electron chi connectivity index (χ3n) is 6.30. The number of benzene rings is 1. The summed E-state index contributed by atoms with van der Waals surface area (Å²) in [5.41, 5.74) is 1.95. The third-order valence-corrected chi connectivity index (χ3v) is 6.30. The first-order valence-corrected chi connectivity index (χ1v) is 10.8. The molecule has 29 heavy (non-hydrogen) atoms. The molecule has 0 radical (unpaired) electrons. The summed E-state index contributed by atoms with van der Waals surface area (Å²) >= 11 is 0. The summed E-state index contributed by atoms with van der Waals surface area (Å²) in [6, 6.07) is 9.67. The number of likely N-dealkylation sites (tertiary alicyclic amines) is 1. The Kier molecular flexibility index (Phi) is 6.37. The fourth-order valence-electron chi connectivity index (χ4n) is 4.57. The fourth-order valence-corrected chi connectivity index (χ4v) is 4.57. The maximum atomic E-state index is 12.6. The van der Waals surface area contributed by atoms with Gasteiger partial charge in [0.2, 0.25) is 5.91 Å². The highest BCUT2D eigenvalue weighted by Gasteiger charge is 2.29. The molecule has 6 heteroatoms.